The molecule has 2 aromatic rings. The number of rotatable bonds is 4. The van der Waals surface area contributed by atoms with Gasteiger partial charge in [0, 0.05) is 30.0 Å². The van der Waals surface area contributed by atoms with Gasteiger partial charge in [0.15, 0.2) is 23.0 Å². The number of ether oxygens (including phenoxy) is 3. The number of allylic oxidation sites excluding steroid dienone is 6. The van der Waals surface area contributed by atoms with E-state index in [4.69, 9.17) is 18.6 Å². The number of hydrogen-bond donors (Lipinski definition) is 1. The number of carbonyl (C=O) groups excluding carboxylic acids is 3. The molecule has 3 aliphatic heterocycles. The van der Waals surface area contributed by atoms with Gasteiger partial charge in [-0.1, -0.05) is 44.2 Å². The standard InChI is InChI=1S/C26H30O5.C17H19NO3/c1-22(2)17(27)7-9-23(3)16-6-10-24(4)15(14-8-11-30-13-14)12-18-26(24,31-18)25(16,5)21(29)19(28)20(22)23;19-17(18-10-4-1-5-11-18)7-3-2-6-14-8-9-15-16(12-14)21-13-20-15/h7-9,11,13,15-16,18,28H,6,10,12H2,1-5H3;2-3,6-9,12H,1,4-5,10-11,13H2. The number of aliphatic hydroxyl groups is 1. The molecule has 7 aliphatic rings. The lowest BCUT2D eigenvalue weighted by Gasteiger charge is -2.62. The van der Waals surface area contributed by atoms with Gasteiger partial charge >= 0.3 is 0 Å². The first kappa shape index (κ1) is 34.7. The molecule has 1 N–H and O–H groups in total. The number of hydrogen-bond acceptors (Lipinski definition) is 8. The van der Waals surface area contributed by atoms with Gasteiger partial charge in [-0.25, -0.2) is 0 Å². The number of Topliss-reactive ketones (excluding diaryl/α,β-unsaturated/α-hetero) is 1. The Hall–Kier alpha value is -4.37. The third kappa shape index (κ3) is 4.80. The second-order valence-corrected chi connectivity index (χ2v) is 16.8. The van der Waals surface area contributed by atoms with Crippen LogP contribution in [0.1, 0.15) is 90.2 Å². The molecule has 9 rings (SSSR count). The highest BCUT2D eigenvalue weighted by molar-refractivity contribution is 6.06. The third-order valence-electron chi connectivity index (χ3n) is 13.9. The molecule has 1 amide bonds. The molecule has 0 radical (unpaired) electrons. The highest BCUT2D eigenvalue weighted by atomic mass is 16.7. The van der Waals surface area contributed by atoms with Gasteiger partial charge in [0.2, 0.25) is 18.5 Å². The summed E-state index contributed by atoms with van der Waals surface area (Å²) in [6, 6.07) is 7.81. The van der Waals surface area contributed by atoms with Gasteiger partial charge in [-0.2, -0.15) is 0 Å². The molecule has 4 aliphatic carbocycles. The summed E-state index contributed by atoms with van der Waals surface area (Å²) in [5.41, 5.74) is -0.377. The van der Waals surface area contributed by atoms with Crippen LogP contribution in [0.3, 0.4) is 0 Å². The minimum Gasteiger partial charge on any atom is -0.504 e. The van der Waals surface area contributed by atoms with Crippen molar-refractivity contribution in [2.24, 2.45) is 27.6 Å². The van der Waals surface area contributed by atoms with Crippen LogP contribution < -0.4 is 9.47 Å². The van der Waals surface area contributed by atoms with Crippen LogP contribution in [0.15, 0.2) is 82.9 Å². The number of fused-ring (bicyclic) bond motifs is 4. The van der Waals surface area contributed by atoms with Gasteiger partial charge in [0.05, 0.1) is 29.5 Å². The normalized spacial score (nSPS) is 36.6. The zero-order valence-electron chi connectivity index (χ0n) is 30.8. The Morgan fingerprint density at radius 3 is 2.50 bits per heavy atom. The Balaban J connectivity index is 0.000000161. The number of amides is 1. The molecule has 274 valence electrons. The molecule has 4 heterocycles. The van der Waals surface area contributed by atoms with Crippen molar-refractivity contribution in [1.82, 2.24) is 4.90 Å². The lowest BCUT2D eigenvalue weighted by Crippen LogP contribution is -2.66. The molecule has 1 spiro atoms. The molecular weight excluding hydrogens is 658 g/mol. The number of carbonyl (C=O) groups is 3. The largest absolute Gasteiger partial charge is 0.504 e. The Morgan fingerprint density at radius 2 is 1.75 bits per heavy atom. The summed E-state index contributed by atoms with van der Waals surface area (Å²) in [6.07, 6.45) is 20.5. The van der Waals surface area contributed by atoms with Crippen LogP contribution in [0.2, 0.25) is 0 Å². The minimum absolute atomic E-state index is 0.00527. The van der Waals surface area contributed by atoms with Crippen LogP contribution in [-0.2, 0) is 19.1 Å². The SMILES string of the molecule is CC1(C)C(=O)C=CC2(C)C1=C(O)C(=O)C1(C)C2CCC2(C)C(c3ccoc3)CC3OC321.O=C(C=CC=Cc1ccc2c(c1)OCO2)N1CCCCC1. The average Bonchev–Trinajstić information content (AvgIpc) is 3.45. The van der Waals surface area contributed by atoms with E-state index in [2.05, 4.69) is 13.8 Å². The quantitative estimate of drug-likeness (QED) is 0.194. The van der Waals surface area contributed by atoms with E-state index in [1.54, 1.807) is 24.5 Å². The van der Waals surface area contributed by atoms with Gasteiger partial charge in [-0.15, -0.1) is 0 Å². The fourth-order valence-electron chi connectivity index (χ4n) is 11.3. The molecule has 7 atom stereocenters. The highest BCUT2D eigenvalue weighted by Crippen LogP contribution is 2.81. The van der Waals surface area contributed by atoms with Crippen molar-refractivity contribution in [2.45, 2.75) is 90.8 Å². The monoisotopic (exact) mass is 707 g/mol. The maximum atomic E-state index is 14.0. The molecule has 0 bridgehead atoms. The summed E-state index contributed by atoms with van der Waals surface area (Å²) in [7, 11) is 0. The second kappa shape index (κ2) is 12.1. The van der Waals surface area contributed by atoms with E-state index in [9.17, 15) is 19.5 Å². The summed E-state index contributed by atoms with van der Waals surface area (Å²) in [4.78, 5) is 40.6. The van der Waals surface area contributed by atoms with Gasteiger partial charge in [0.1, 0.15) is 5.60 Å². The Kier molecular flexibility index (Phi) is 8.07. The third-order valence-corrected chi connectivity index (χ3v) is 13.9. The molecule has 1 aromatic carbocycles. The van der Waals surface area contributed by atoms with E-state index in [1.807, 2.05) is 74.4 Å². The number of epoxide rings is 1. The summed E-state index contributed by atoms with van der Waals surface area (Å²) in [5, 5.41) is 11.4. The van der Waals surface area contributed by atoms with Gasteiger partial charge in [0.25, 0.3) is 0 Å². The van der Waals surface area contributed by atoms with E-state index in [-0.39, 0.29) is 53.4 Å². The number of benzene rings is 1. The van der Waals surface area contributed by atoms with Gasteiger partial charge in [-0.3, -0.25) is 14.4 Å². The number of furan rings is 1. The summed E-state index contributed by atoms with van der Waals surface area (Å²) in [6.45, 7) is 12.1. The van der Waals surface area contributed by atoms with E-state index in [0.29, 0.717) is 5.57 Å². The fourth-order valence-corrected chi connectivity index (χ4v) is 11.3. The van der Waals surface area contributed by atoms with Crippen molar-refractivity contribution in [3.8, 4) is 11.5 Å². The predicted molar refractivity (Wildman–Crippen MR) is 194 cm³/mol. The summed E-state index contributed by atoms with van der Waals surface area (Å²) >= 11 is 0. The van der Waals surface area contributed by atoms with Crippen LogP contribution in [0.25, 0.3) is 6.08 Å². The number of ketones is 2. The molecule has 2 saturated carbocycles. The molecule has 52 heavy (non-hydrogen) atoms. The second-order valence-electron chi connectivity index (χ2n) is 16.8. The van der Waals surface area contributed by atoms with Crippen molar-refractivity contribution < 1.29 is 38.1 Å². The summed E-state index contributed by atoms with van der Waals surface area (Å²) < 4.78 is 22.5. The van der Waals surface area contributed by atoms with Crippen LogP contribution in [0.5, 0.6) is 11.5 Å². The number of nitrogens with zero attached hydrogens (tertiary/aromatic N) is 1. The highest BCUT2D eigenvalue weighted by Gasteiger charge is 2.87. The van der Waals surface area contributed by atoms with Crippen molar-refractivity contribution in [1.29, 1.82) is 0 Å². The molecular formula is C43H49NO8. The van der Waals surface area contributed by atoms with Crippen LogP contribution >= 0.6 is 0 Å². The Labute approximate surface area is 305 Å². The number of aliphatic hydroxyl groups excluding tert-OH is 1. The van der Waals surface area contributed by atoms with E-state index < -0.39 is 21.8 Å². The van der Waals surface area contributed by atoms with E-state index in [0.717, 1.165) is 62.3 Å². The fraction of sp³-hybridized carbons (Fsp3) is 0.512. The lowest BCUT2D eigenvalue weighted by molar-refractivity contribution is -0.162. The van der Waals surface area contributed by atoms with Crippen molar-refractivity contribution in [2.75, 3.05) is 19.9 Å². The predicted octanol–water partition coefficient (Wildman–Crippen LogP) is 7.89. The zero-order chi connectivity index (χ0) is 36.7. The topological polar surface area (TPSA) is 119 Å². The van der Waals surface area contributed by atoms with Crippen molar-refractivity contribution >= 4 is 23.5 Å². The zero-order valence-corrected chi connectivity index (χ0v) is 30.8. The maximum Gasteiger partial charge on any atom is 0.246 e. The molecule has 9 heteroatoms. The first-order valence-corrected chi connectivity index (χ1v) is 18.7. The Morgan fingerprint density at radius 1 is 0.981 bits per heavy atom. The van der Waals surface area contributed by atoms with Crippen molar-refractivity contribution in [3.05, 3.63) is 89.6 Å². The van der Waals surface area contributed by atoms with E-state index >= 15 is 0 Å². The van der Waals surface area contributed by atoms with E-state index in [1.165, 1.54) is 12.0 Å². The lowest BCUT2D eigenvalue weighted by atomic mass is 9.39. The Bertz CT molecular complexity index is 1930. The van der Waals surface area contributed by atoms with Crippen LogP contribution in [0.4, 0.5) is 0 Å². The molecule has 9 nitrogen and oxygen atoms in total. The molecule has 1 aromatic heterocycles. The van der Waals surface area contributed by atoms with Gasteiger partial charge in [-0.05, 0) is 112 Å². The molecule has 7 unspecified atom stereocenters. The van der Waals surface area contributed by atoms with Crippen LogP contribution in [-0.4, -0.2) is 59.1 Å². The maximum absolute atomic E-state index is 14.0. The average molecular weight is 708 g/mol. The van der Waals surface area contributed by atoms with Crippen molar-refractivity contribution in [3.63, 3.8) is 0 Å². The smallest absolute Gasteiger partial charge is 0.246 e. The first-order chi connectivity index (χ1) is 24.8. The first-order valence-electron chi connectivity index (χ1n) is 18.7. The minimum atomic E-state index is -0.901. The van der Waals surface area contributed by atoms with Gasteiger partial charge < -0.3 is 28.6 Å². The van der Waals surface area contributed by atoms with Crippen LogP contribution in [0, 0.1) is 27.6 Å². The number of piperidine rings is 1. The molecule has 2 saturated heterocycles. The summed E-state index contributed by atoms with van der Waals surface area (Å²) in [5.74, 6) is 1.34. The number of likely N-dealkylation sites (tertiary alicyclic amines) is 1. The molecule has 4 fully saturated rings.